The maximum Gasteiger partial charge on any atom is 0.196 e. The van der Waals surface area contributed by atoms with E-state index in [2.05, 4.69) is 131 Å². The second-order valence-corrected chi connectivity index (χ2v) is 9.57. The molecule has 0 bridgehead atoms. The van der Waals surface area contributed by atoms with Crippen LogP contribution in [0.15, 0.2) is 102 Å². The number of hydrogen-bond acceptors (Lipinski definition) is 1. The minimum absolute atomic E-state index is 0.800. The Labute approximate surface area is 223 Å². The molecule has 0 spiro atoms. The first-order valence-electron chi connectivity index (χ1n) is 13.7. The molecule has 0 unspecified atom stereocenters. The Morgan fingerprint density at radius 3 is 2.05 bits per heavy atom. The number of aryl methyl sites for hydroxylation is 2. The van der Waals surface area contributed by atoms with Crippen LogP contribution in [-0.2, 0) is 12.8 Å². The third-order valence-electron chi connectivity index (χ3n) is 6.92. The highest BCUT2D eigenvalue weighted by molar-refractivity contribution is 5.73. The molecule has 0 radical (unpaired) electrons. The van der Waals surface area contributed by atoms with Crippen molar-refractivity contribution in [2.24, 2.45) is 5.11 Å². The molecule has 2 heteroatoms. The second kappa shape index (κ2) is 13.0. The Bertz CT molecular complexity index is 1370. The molecule has 2 nitrogen and oxygen atoms in total. The number of hydrogen-bond donors (Lipinski definition) is 0. The molecule has 37 heavy (non-hydrogen) atoms. The number of unbranched alkanes of at least 4 members (excludes halogenated alkanes) is 1. The summed E-state index contributed by atoms with van der Waals surface area (Å²) in [6, 6.07) is 32.5. The average Bonchev–Trinajstić information content (AvgIpc) is 2.95. The van der Waals surface area contributed by atoms with Gasteiger partial charge in [0.05, 0.1) is 0 Å². The van der Waals surface area contributed by atoms with Crippen molar-refractivity contribution in [3.8, 4) is 22.3 Å². The number of benzene rings is 4. The molecule has 0 aliphatic carbocycles. The van der Waals surface area contributed by atoms with Crippen LogP contribution in [-0.4, -0.2) is 11.2 Å². The summed E-state index contributed by atoms with van der Waals surface area (Å²) in [5.41, 5.74) is 11.4. The summed E-state index contributed by atoms with van der Waals surface area (Å²) < 4.78 is 2.04. The SMILES string of the molecule is CCCCc1cc(N=[N+](C=Cc2ccc(C)c(-c3ccccc3)c2)CC)cc(-c2ccccc2)c1CC. The van der Waals surface area contributed by atoms with Crippen molar-refractivity contribution in [1.29, 1.82) is 0 Å². The van der Waals surface area contributed by atoms with E-state index >= 15 is 0 Å². The first-order chi connectivity index (χ1) is 18.1. The van der Waals surface area contributed by atoms with Crippen molar-refractivity contribution in [3.05, 3.63) is 119 Å². The van der Waals surface area contributed by atoms with Gasteiger partial charge in [0.15, 0.2) is 12.7 Å². The van der Waals surface area contributed by atoms with Gasteiger partial charge in [-0.25, -0.2) is 0 Å². The van der Waals surface area contributed by atoms with Crippen LogP contribution in [0.3, 0.4) is 0 Å². The minimum Gasteiger partial charge on any atom is -0.0910 e. The van der Waals surface area contributed by atoms with Gasteiger partial charge in [-0.1, -0.05) is 97.8 Å². The van der Waals surface area contributed by atoms with E-state index in [-0.39, 0.29) is 0 Å². The lowest BCUT2D eigenvalue weighted by Crippen LogP contribution is -2.01. The zero-order chi connectivity index (χ0) is 26.0. The van der Waals surface area contributed by atoms with Gasteiger partial charge < -0.3 is 0 Å². The predicted octanol–water partition coefficient (Wildman–Crippen LogP) is 10.0. The van der Waals surface area contributed by atoms with Crippen molar-refractivity contribution < 1.29 is 4.70 Å². The molecule has 188 valence electrons. The van der Waals surface area contributed by atoms with Gasteiger partial charge in [-0.05, 0) is 101 Å². The van der Waals surface area contributed by atoms with Gasteiger partial charge in [0.1, 0.15) is 5.69 Å². The molecule has 4 aromatic carbocycles. The van der Waals surface area contributed by atoms with E-state index in [4.69, 9.17) is 5.11 Å². The van der Waals surface area contributed by atoms with Crippen LogP contribution in [0.5, 0.6) is 0 Å². The third-order valence-corrected chi connectivity index (χ3v) is 6.92. The van der Waals surface area contributed by atoms with Crippen molar-refractivity contribution >= 4 is 11.8 Å². The number of nitrogens with zero attached hydrogens (tertiary/aromatic N) is 2. The Hall–Kier alpha value is -3.78. The molecule has 0 aromatic heterocycles. The Kier molecular flexibility index (Phi) is 9.21. The van der Waals surface area contributed by atoms with Crippen molar-refractivity contribution in [3.63, 3.8) is 0 Å². The summed E-state index contributed by atoms with van der Waals surface area (Å²) in [6.45, 7) is 9.64. The molecule has 0 atom stereocenters. The van der Waals surface area contributed by atoms with E-state index in [1.165, 1.54) is 57.3 Å². The molecule has 0 aliphatic heterocycles. The lowest BCUT2D eigenvalue weighted by Gasteiger charge is -2.15. The fourth-order valence-electron chi connectivity index (χ4n) is 4.86. The van der Waals surface area contributed by atoms with E-state index in [1.807, 2.05) is 4.70 Å². The van der Waals surface area contributed by atoms with Crippen molar-refractivity contribution in [2.75, 3.05) is 6.54 Å². The Morgan fingerprint density at radius 1 is 0.757 bits per heavy atom. The van der Waals surface area contributed by atoms with Crippen LogP contribution in [0.1, 0.15) is 55.9 Å². The normalized spacial score (nSPS) is 11.8. The van der Waals surface area contributed by atoms with Crippen molar-refractivity contribution in [1.82, 2.24) is 0 Å². The van der Waals surface area contributed by atoms with Crippen LogP contribution in [0.2, 0.25) is 0 Å². The molecule has 0 N–H and O–H groups in total. The van der Waals surface area contributed by atoms with Crippen LogP contribution in [0.25, 0.3) is 28.3 Å². The molecule has 4 aromatic rings. The van der Waals surface area contributed by atoms with E-state index in [1.54, 1.807) is 0 Å². The Morgan fingerprint density at radius 2 is 1.43 bits per heavy atom. The number of rotatable bonds is 10. The fraction of sp³-hybridized carbons (Fsp3) is 0.257. The molecule has 0 aliphatic rings. The fourth-order valence-corrected chi connectivity index (χ4v) is 4.86. The summed E-state index contributed by atoms with van der Waals surface area (Å²) >= 11 is 0. The second-order valence-electron chi connectivity index (χ2n) is 9.57. The molecular formula is C35H39N2+. The molecule has 0 heterocycles. The highest BCUT2D eigenvalue weighted by Crippen LogP contribution is 2.33. The lowest BCUT2D eigenvalue weighted by molar-refractivity contribution is -0.519. The predicted molar refractivity (Wildman–Crippen MR) is 158 cm³/mol. The van der Waals surface area contributed by atoms with Gasteiger partial charge in [0.2, 0.25) is 0 Å². The summed E-state index contributed by atoms with van der Waals surface area (Å²) in [5, 5.41) is 5.07. The van der Waals surface area contributed by atoms with Gasteiger partial charge in [-0.15, -0.1) is 0 Å². The highest BCUT2D eigenvalue weighted by Gasteiger charge is 2.13. The molecule has 0 fully saturated rings. The van der Waals surface area contributed by atoms with Crippen LogP contribution >= 0.6 is 0 Å². The largest absolute Gasteiger partial charge is 0.196 e. The molecule has 0 amide bonds. The van der Waals surface area contributed by atoms with Crippen LogP contribution in [0.4, 0.5) is 5.69 Å². The smallest absolute Gasteiger partial charge is 0.0910 e. The topological polar surface area (TPSA) is 15.4 Å². The van der Waals surface area contributed by atoms with Crippen LogP contribution in [0, 0.1) is 6.92 Å². The zero-order valence-electron chi connectivity index (χ0n) is 22.7. The minimum atomic E-state index is 0.800. The first-order valence-corrected chi connectivity index (χ1v) is 13.7. The maximum absolute atomic E-state index is 5.07. The third kappa shape index (κ3) is 6.71. The Balaban J connectivity index is 1.70. The average molecular weight is 488 g/mol. The van der Waals surface area contributed by atoms with Gasteiger partial charge >= 0.3 is 0 Å². The summed E-state index contributed by atoms with van der Waals surface area (Å²) in [6.07, 6.45) is 8.76. The van der Waals surface area contributed by atoms with E-state index in [9.17, 15) is 0 Å². The molecule has 0 saturated carbocycles. The van der Waals surface area contributed by atoms with Gasteiger partial charge in [0, 0.05) is 6.08 Å². The maximum atomic E-state index is 5.07. The summed E-state index contributed by atoms with van der Waals surface area (Å²) in [5.74, 6) is 0. The van der Waals surface area contributed by atoms with E-state index in [0.29, 0.717) is 0 Å². The van der Waals surface area contributed by atoms with Gasteiger partial charge in [-0.2, -0.15) is 0 Å². The lowest BCUT2D eigenvalue weighted by atomic mass is 9.91. The zero-order valence-corrected chi connectivity index (χ0v) is 22.7. The highest BCUT2D eigenvalue weighted by atomic mass is 15.2. The standard InChI is InChI=1S/C35H39N2/c1-5-8-15-31-25-32(26-35(33(31)6-2)30-18-13-10-14-19-30)36-37(7-3)23-22-28-21-20-27(4)34(24-28)29-16-11-9-12-17-29/h9-14,16-26H,5-8,15H2,1-4H3/q+1. The first kappa shape index (κ1) is 26.3. The monoisotopic (exact) mass is 487 g/mol. The quantitative estimate of drug-likeness (QED) is 0.156. The van der Waals surface area contributed by atoms with Gasteiger partial charge in [0.25, 0.3) is 0 Å². The number of azo groups is 2. The van der Waals surface area contributed by atoms with Gasteiger partial charge in [-0.3, -0.25) is 0 Å². The van der Waals surface area contributed by atoms with Crippen molar-refractivity contribution in [2.45, 2.75) is 53.4 Å². The molecule has 0 saturated heterocycles. The molecular weight excluding hydrogens is 448 g/mol. The summed E-state index contributed by atoms with van der Waals surface area (Å²) in [7, 11) is 0. The molecule has 4 rings (SSSR count). The van der Waals surface area contributed by atoms with E-state index < -0.39 is 0 Å². The van der Waals surface area contributed by atoms with E-state index in [0.717, 1.165) is 25.1 Å². The summed E-state index contributed by atoms with van der Waals surface area (Å²) in [4.78, 5) is 0. The van der Waals surface area contributed by atoms with Crippen LogP contribution < -0.4 is 0 Å².